The van der Waals surface area contributed by atoms with Crippen LogP contribution in [0.1, 0.15) is 38.7 Å². The number of phenols is 1. The van der Waals surface area contributed by atoms with Crippen molar-refractivity contribution in [2.45, 2.75) is 45.5 Å². The maximum atomic E-state index is 9.98. The topological polar surface area (TPSA) is 58.9 Å². The number of phenolic OH excluding ortho intramolecular Hbond substituents is 1. The Hall–Kier alpha value is -1.25. The van der Waals surface area contributed by atoms with Crippen molar-refractivity contribution in [1.29, 1.82) is 0 Å². The van der Waals surface area contributed by atoms with Crippen molar-refractivity contribution in [1.82, 2.24) is 0 Å². The molecule has 1 aromatic rings. The lowest BCUT2D eigenvalue weighted by Gasteiger charge is -2.27. The molecule has 6 heteroatoms. The third-order valence-electron chi connectivity index (χ3n) is 4.52. The van der Waals surface area contributed by atoms with Crippen LogP contribution in [0.25, 0.3) is 6.08 Å². The first-order valence-electron chi connectivity index (χ1n) is 8.81. The summed E-state index contributed by atoms with van der Waals surface area (Å²) in [5, 5.41) is 19.8. The average Bonchev–Trinajstić information content (AvgIpc) is 2.61. The Morgan fingerprint density at radius 1 is 1.50 bits per heavy atom. The van der Waals surface area contributed by atoms with Crippen LogP contribution in [0.2, 0.25) is 6.32 Å². The van der Waals surface area contributed by atoms with Crippen LogP contribution in [0.15, 0.2) is 41.5 Å². The number of rotatable bonds is 7. The molecule has 0 radical (unpaired) electrons. The van der Waals surface area contributed by atoms with Crippen molar-refractivity contribution in [3.8, 4) is 11.5 Å². The van der Waals surface area contributed by atoms with E-state index in [1.165, 1.54) is 5.57 Å². The van der Waals surface area contributed by atoms with Gasteiger partial charge in [0.1, 0.15) is 0 Å². The van der Waals surface area contributed by atoms with E-state index in [0.29, 0.717) is 12.1 Å². The van der Waals surface area contributed by atoms with E-state index in [0.717, 1.165) is 39.5 Å². The fraction of sp³-hybridized carbons (Fsp3) is 0.400. The van der Waals surface area contributed by atoms with Crippen LogP contribution < -0.4 is 4.74 Å². The minimum atomic E-state index is -0.736. The van der Waals surface area contributed by atoms with E-state index < -0.39 is 7.12 Å². The molecular weight excluding hydrogens is 442 g/mol. The van der Waals surface area contributed by atoms with Crippen molar-refractivity contribution in [3.63, 3.8) is 0 Å². The van der Waals surface area contributed by atoms with Crippen molar-refractivity contribution >= 4 is 35.8 Å². The van der Waals surface area contributed by atoms with E-state index in [-0.39, 0.29) is 11.9 Å². The second-order valence-corrected chi connectivity index (χ2v) is 7.67. The summed E-state index contributed by atoms with van der Waals surface area (Å²) in [6.07, 6.45) is 7.12. The highest BCUT2D eigenvalue weighted by Crippen LogP contribution is 2.34. The number of ether oxygens (including phenoxy) is 1. The SMILES string of the molecule is C=C(C)C1=CCB(O)OC1CC/C(=C/c1cc(I)c(O)c(OC)c1)CC. The molecule has 2 rings (SSSR count). The van der Waals surface area contributed by atoms with E-state index in [9.17, 15) is 10.1 Å². The molecule has 1 unspecified atom stereocenters. The van der Waals surface area contributed by atoms with Gasteiger partial charge in [-0.1, -0.05) is 36.8 Å². The fourth-order valence-electron chi connectivity index (χ4n) is 3.09. The normalized spacial score (nSPS) is 17.9. The van der Waals surface area contributed by atoms with Crippen molar-refractivity contribution in [2.75, 3.05) is 7.11 Å². The van der Waals surface area contributed by atoms with Gasteiger partial charge in [-0.3, -0.25) is 0 Å². The lowest BCUT2D eigenvalue weighted by molar-refractivity contribution is 0.183. The average molecular weight is 468 g/mol. The number of aromatic hydroxyl groups is 1. The first kappa shape index (κ1) is 21.1. The molecular formula is C20H26BIO4. The van der Waals surface area contributed by atoms with Crippen LogP contribution in [-0.4, -0.2) is 30.5 Å². The second kappa shape index (κ2) is 9.62. The Balaban J connectivity index is 2.15. The van der Waals surface area contributed by atoms with Gasteiger partial charge in [0.2, 0.25) is 0 Å². The molecule has 0 aliphatic carbocycles. The fourth-order valence-corrected chi connectivity index (χ4v) is 3.71. The molecule has 1 aromatic carbocycles. The van der Waals surface area contributed by atoms with Gasteiger partial charge < -0.3 is 19.5 Å². The van der Waals surface area contributed by atoms with Crippen molar-refractivity contribution in [2.24, 2.45) is 0 Å². The molecule has 1 atom stereocenters. The standard InChI is InChI=1S/C20H26BIO4/c1-5-14(10-15-11-17(22)20(23)19(12-15)25-4)6-7-18-16(13(2)3)8-9-21(24)26-18/h8,10-12,18,23-24H,2,5-7,9H2,1,3-4H3/b14-10+. The van der Waals surface area contributed by atoms with Gasteiger partial charge in [-0.15, -0.1) is 0 Å². The van der Waals surface area contributed by atoms with E-state index in [4.69, 9.17) is 9.39 Å². The van der Waals surface area contributed by atoms with Crippen LogP contribution in [-0.2, 0) is 4.65 Å². The van der Waals surface area contributed by atoms with Crippen molar-refractivity contribution < 1.29 is 19.5 Å². The minimum Gasteiger partial charge on any atom is -0.504 e. The van der Waals surface area contributed by atoms with Gasteiger partial charge in [0.25, 0.3) is 0 Å². The third-order valence-corrected chi connectivity index (χ3v) is 5.35. The molecule has 1 heterocycles. The largest absolute Gasteiger partial charge is 0.504 e. The number of allylic oxidation sites excluding steroid dienone is 2. The van der Waals surface area contributed by atoms with Crippen LogP contribution >= 0.6 is 22.6 Å². The lowest BCUT2D eigenvalue weighted by atomic mass is 9.78. The zero-order chi connectivity index (χ0) is 19.3. The second-order valence-electron chi connectivity index (χ2n) is 6.50. The highest BCUT2D eigenvalue weighted by Gasteiger charge is 2.27. The Morgan fingerprint density at radius 2 is 2.23 bits per heavy atom. The quantitative estimate of drug-likeness (QED) is 0.439. The molecule has 0 saturated carbocycles. The number of hydrogen-bond acceptors (Lipinski definition) is 4. The van der Waals surface area contributed by atoms with Crippen LogP contribution in [0.4, 0.5) is 0 Å². The van der Waals surface area contributed by atoms with E-state index >= 15 is 0 Å². The summed E-state index contributed by atoms with van der Waals surface area (Å²) in [7, 11) is 0.816. The minimum absolute atomic E-state index is 0.124. The molecule has 4 nitrogen and oxygen atoms in total. The first-order valence-corrected chi connectivity index (χ1v) is 9.89. The van der Waals surface area contributed by atoms with Gasteiger partial charge in [0.15, 0.2) is 11.5 Å². The zero-order valence-corrected chi connectivity index (χ0v) is 17.7. The monoisotopic (exact) mass is 468 g/mol. The number of benzene rings is 1. The van der Waals surface area contributed by atoms with E-state index in [2.05, 4.69) is 42.2 Å². The molecule has 140 valence electrons. The predicted octanol–water partition coefficient (Wildman–Crippen LogP) is 4.96. The summed E-state index contributed by atoms with van der Waals surface area (Å²) in [5.41, 5.74) is 4.35. The molecule has 2 N–H and O–H groups in total. The lowest BCUT2D eigenvalue weighted by Crippen LogP contribution is -2.31. The summed E-state index contributed by atoms with van der Waals surface area (Å²) in [6.45, 7) is 8.12. The molecule has 0 saturated heterocycles. The predicted molar refractivity (Wildman–Crippen MR) is 115 cm³/mol. The molecule has 0 bridgehead atoms. The van der Waals surface area contributed by atoms with Gasteiger partial charge >= 0.3 is 7.12 Å². The summed E-state index contributed by atoms with van der Waals surface area (Å²) < 4.78 is 11.7. The Bertz CT molecular complexity index is 727. The van der Waals surface area contributed by atoms with Crippen LogP contribution in [0.3, 0.4) is 0 Å². The van der Waals surface area contributed by atoms with E-state index in [1.807, 2.05) is 25.1 Å². The van der Waals surface area contributed by atoms with Gasteiger partial charge in [-0.25, -0.2) is 0 Å². The molecule has 0 spiro atoms. The number of methoxy groups -OCH3 is 1. The molecule has 1 aliphatic heterocycles. The van der Waals surface area contributed by atoms with Crippen molar-refractivity contribution in [3.05, 3.63) is 50.6 Å². The maximum absolute atomic E-state index is 9.98. The summed E-state index contributed by atoms with van der Waals surface area (Å²) in [6, 6.07) is 3.78. The van der Waals surface area contributed by atoms with Gasteiger partial charge in [0.05, 0.1) is 16.8 Å². The highest BCUT2D eigenvalue weighted by molar-refractivity contribution is 14.1. The summed E-state index contributed by atoms with van der Waals surface area (Å²) in [4.78, 5) is 0. The first-order chi connectivity index (χ1) is 12.3. The van der Waals surface area contributed by atoms with Gasteiger partial charge in [-0.05, 0) is 72.0 Å². The highest BCUT2D eigenvalue weighted by atomic mass is 127. The van der Waals surface area contributed by atoms with E-state index in [1.54, 1.807) is 7.11 Å². The summed E-state index contributed by atoms with van der Waals surface area (Å²) >= 11 is 2.10. The van der Waals surface area contributed by atoms with Crippen LogP contribution in [0, 0.1) is 3.57 Å². The summed E-state index contributed by atoms with van der Waals surface area (Å²) in [5.74, 6) is 0.647. The number of halogens is 1. The van der Waals surface area contributed by atoms with Gasteiger partial charge in [-0.2, -0.15) is 0 Å². The molecule has 26 heavy (non-hydrogen) atoms. The Labute approximate surface area is 169 Å². The molecule has 1 aliphatic rings. The zero-order valence-electron chi connectivity index (χ0n) is 15.6. The molecule has 0 amide bonds. The number of hydrogen-bond donors (Lipinski definition) is 2. The molecule has 0 fully saturated rings. The molecule has 0 aromatic heterocycles. The maximum Gasteiger partial charge on any atom is 0.458 e. The van der Waals surface area contributed by atoms with Gasteiger partial charge in [0, 0.05) is 6.32 Å². The Morgan fingerprint density at radius 3 is 2.85 bits per heavy atom. The van der Waals surface area contributed by atoms with Crippen LogP contribution in [0.5, 0.6) is 11.5 Å². The third kappa shape index (κ3) is 5.38. The smallest absolute Gasteiger partial charge is 0.458 e. The Kier molecular flexibility index (Phi) is 7.79.